The van der Waals surface area contributed by atoms with E-state index < -0.39 is 43.0 Å². The van der Waals surface area contributed by atoms with E-state index >= 15 is 0 Å². The van der Waals surface area contributed by atoms with Crippen LogP contribution in [0.25, 0.3) is 11.6 Å². The van der Waals surface area contributed by atoms with E-state index in [-0.39, 0.29) is 18.0 Å². The van der Waals surface area contributed by atoms with Crippen LogP contribution < -0.4 is 16.0 Å². The van der Waals surface area contributed by atoms with Crippen LogP contribution in [0.15, 0.2) is 18.2 Å². The molecule has 1 aromatic carbocycles. The van der Waals surface area contributed by atoms with Gasteiger partial charge in [0.2, 0.25) is 0 Å². The third kappa shape index (κ3) is 5.16. The fourth-order valence-electron chi connectivity index (χ4n) is 3.71. The number of aromatic nitrogens is 1. The zero-order chi connectivity index (χ0) is 25.0. The van der Waals surface area contributed by atoms with E-state index in [0.717, 1.165) is 0 Å². The minimum atomic E-state index is -1.04. The molecule has 1 unspecified atom stereocenters. The van der Waals surface area contributed by atoms with E-state index in [2.05, 4.69) is 20.9 Å². The van der Waals surface area contributed by atoms with Gasteiger partial charge in [0.1, 0.15) is 5.82 Å². The molecular weight excluding hydrogens is 447 g/mol. The molecule has 1 aliphatic rings. The van der Waals surface area contributed by atoms with Crippen LogP contribution >= 0.6 is 0 Å². The van der Waals surface area contributed by atoms with Crippen LogP contribution in [0.4, 0.5) is 10.1 Å². The minimum absolute atomic E-state index is 0.152. The molecule has 0 saturated carbocycles. The Kier molecular flexibility index (Phi) is 7.82. The number of H-pyrrole nitrogens is 1. The van der Waals surface area contributed by atoms with Crippen molar-refractivity contribution in [2.75, 3.05) is 32.2 Å². The lowest BCUT2D eigenvalue weighted by Crippen LogP contribution is -2.49. The van der Waals surface area contributed by atoms with Crippen molar-refractivity contribution in [3.8, 4) is 0 Å². The first-order valence-electron chi connectivity index (χ1n) is 10.5. The summed E-state index contributed by atoms with van der Waals surface area (Å²) in [4.78, 5) is 40.6. The van der Waals surface area contributed by atoms with Gasteiger partial charge in [0.05, 0.1) is 36.9 Å². The number of halogens is 1. The van der Waals surface area contributed by atoms with Crippen LogP contribution in [0.2, 0.25) is 0 Å². The lowest BCUT2D eigenvalue weighted by molar-refractivity contribution is -0.132. The highest BCUT2D eigenvalue weighted by atomic mass is 19.1. The maximum absolute atomic E-state index is 13.7. The second-order valence-corrected chi connectivity index (χ2v) is 7.87. The Hall–Kier alpha value is -3.54. The van der Waals surface area contributed by atoms with Crippen molar-refractivity contribution >= 4 is 35.1 Å². The van der Waals surface area contributed by atoms with Crippen LogP contribution in [0, 0.1) is 19.7 Å². The number of carbonyl (C=O) groups excluding carboxylic acids is 3. The van der Waals surface area contributed by atoms with Gasteiger partial charge in [-0.3, -0.25) is 14.4 Å². The number of nitrogens with one attached hydrogen (secondary N) is 4. The van der Waals surface area contributed by atoms with Crippen LogP contribution in [0.5, 0.6) is 0 Å². The smallest absolute Gasteiger partial charge is 0.256 e. The highest BCUT2D eigenvalue weighted by Gasteiger charge is 2.27. The van der Waals surface area contributed by atoms with Crippen LogP contribution in [-0.2, 0) is 14.3 Å². The molecule has 0 aliphatic carbocycles. The van der Waals surface area contributed by atoms with Gasteiger partial charge in [-0.1, -0.05) is 0 Å². The first-order chi connectivity index (χ1) is 16.2. The number of aromatic amines is 1. The van der Waals surface area contributed by atoms with E-state index in [1.54, 1.807) is 19.9 Å². The topological polar surface area (TPSA) is 153 Å². The SMILES string of the molecule is COC(CNC(=O)c1c(C)[nH]c(/C=C2\C(=O)Nc3ccc(F)cc32)c1C)C(=O)NC(CO)CO. The number of rotatable bonds is 9. The molecule has 6 N–H and O–H groups in total. The van der Waals surface area contributed by atoms with Gasteiger partial charge >= 0.3 is 0 Å². The molecule has 0 bridgehead atoms. The summed E-state index contributed by atoms with van der Waals surface area (Å²) in [7, 11) is 1.30. The number of anilines is 1. The Balaban J connectivity index is 1.77. The minimum Gasteiger partial charge on any atom is -0.394 e. The number of carbonyl (C=O) groups is 3. The van der Waals surface area contributed by atoms with Crippen LogP contribution in [0.1, 0.15) is 32.9 Å². The highest BCUT2D eigenvalue weighted by molar-refractivity contribution is 6.34. The Labute approximate surface area is 195 Å². The molecule has 1 atom stereocenters. The second kappa shape index (κ2) is 10.6. The summed E-state index contributed by atoms with van der Waals surface area (Å²) in [6.45, 7) is 2.36. The summed E-state index contributed by atoms with van der Waals surface area (Å²) >= 11 is 0. The van der Waals surface area contributed by atoms with E-state index in [1.165, 1.54) is 25.3 Å². The van der Waals surface area contributed by atoms with Crippen LogP contribution in [-0.4, -0.2) is 71.9 Å². The number of benzene rings is 1. The van der Waals surface area contributed by atoms with Gasteiger partial charge in [0.25, 0.3) is 17.7 Å². The Morgan fingerprint density at radius 2 is 1.94 bits per heavy atom. The number of ether oxygens (including phenoxy) is 1. The average Bonchev–Trinajstić information content (AvgIpc) is 3.26. The van der Waals surface area contributed by atoms with Crippen molar-refractivity contribution < 1.29 is 33.7 Å². The fourth-order valence-corrected chi connectivity index (χ4v) is 3.71. The maximum atomic E-state index is 13.7. The summed E-state index contributed by atoms with van der Waals surface area (Å²) in [6, 6.07) is 3.18. The number of aryl methyl sites for hydroxylation is 1. The third-order valence-corrected chi connectivity index (χ3v) is 5.57. The third-order valence-electron chi connectivity index (χ3n) is 5.57. The van der Waals surface area contributed by atoms with Crippen molar-refractivity contribution in [2.24, 2.45) is 0 Å². The molecule has 3 rings (SSSR count). The Bertz CT molecular complexity index is 1140. The average molecular weight is 474 g/mol. The van der Waals surface area contributed by atoms with Gasteiger partial charge in [-0.05, 0) is 43.7 Å². The van der Waals surface area contributed by atoms with E-state index in [1.807, 2.05) is 0 Å². The van der Waals surface area contributed by atoms with Gasteiger partial charge in [-0.15, -0.1) is 0 Å². The van der Waals surface area contributed by atoms with E-state index in [9.17, 15) is 18.8 Å². The number of fused-ring (bicyclic) bond motifs is 1. The predicted molar refractivity (Wildman–Crippen MR) is 122 cm³/mol. The van der Waals surface area contributed by atoms with Crippen LogP contribution in [0.3, 0.4) is 0 Å². The Morgan fingerprint density at radius 1 is 1.24 bits per heavy atom. The molecular formula is C23H27FN4O6. The second-order valence-electron chi connectivity index (χ2n) is 7.87. The number of hydrogen-bond acceptors (Lipinski definition) is 6. The molecule has 1 aliphatic heterocycles. The predicted octanol–water partition coefficient (Wildman–Crippen LogP) is 0.478. The molecule has 2 heterocycles. The normalized spacial score (nSPS) is 14.8. The van der Waals surface area contributed by atoms with Gasteiger partial charge in [0.15, 0.2) is 6.10 Å². The molecule has 1 aromatic heterocycles. The summed E-state index contributed by atoms with van der Waals surface area (Å²) in [5, 5.41) is 26.0. The van der Waals surface area contributed by atoms with Crippen molar-refractivity contribution in [3.63, 3.8) is 0 Å². The quantitative estimate of drug-likeness (QED) is 0.291. The molecule has 3 amide bonds. The van der Waals surface area contributed by atoms with E-state index in [4.69, 9.17) is 14.9 Å². The molecule has 0 saturated heterocycles. The summed E-state index contributed by atoms with van der Waals surface area (Å²) in [6.07, 6.45) is 0.522. The number of amides is 3. The number of hydrogen-bond donors (Lipinski definition) is 6. The van der Waals surface area contributed by atoms with Crippen molar-refractivity contribution in [1.82, 2.24) is 15.6 Å². The zero-order valence-corrected chi connectivity index (χ0v) is 19.0. The lowest BCUT2D eigenvalue weighted by atomic mass is 10.0. The number of methoxy groups -OCH3 is 1. The monoisotopic (exact) mass is 474 g/mol. The van der Waals surface area contributed by atoms with Gasteiger partial charge < -0.3 is 35.9 Å². The molecule has 0 fully saturated rings. The summed E-state index contributed by atoms with van der Waals surface area (Å²) in [5.74, 6) is -1.91. The summed E-state index contributed by atoms with van der Waals surface area (Å²) < 4.78 is 18.8. The first-order valence-corrected chi connectivity index (χ1v) is 10.5. The summed E-state index contributed by atoms with van der Waals surface area (Å²) in [5.41, 5.74) is 3.16. The number of aliphatic hydroxyl groups is 2. The molecule has 182 valence electrons. The molecule has 34 heavy (non-hydrogen) atoms. The van der Waals surface area contributed by atoms with Crippen molar-refractivity contribution in [3.05, 3.63) is 52.1 Å². The van der Waals surface area contributed by atoms with Crippen molar-refractivity contribution in [1.29, 1.82) is 0 Å². The lowest BCUT2D eigenvalue weighted by Gasteiger charge is -2.19. The van der Waals surface area contributed by atoms with Crippen molar-refractivity contribution in [2.45, 2.75) is 26.0 Å². The van der Waals surface area contributed by atoms with Gasteiger partial charge in [0, 0.05) is 29.7 Å². The standard InChI is InChI=1S/C23H27FN4O6/c1-11-18(7-16-15-6-13(24)4-5-17(15)28-21(16)31)26-12(2)20(11)23(33)25-8-19(34-3)22(32)27-14(9-29)10-30/h4-7,14,19,26,29-30H,8-10H2,1-3H3,(H,25,33)(H,27,32)(H,28,31)/b16-7-. The maximum Gasteiger partial charge on any atom is 0.256 e. The molecule has 2 aromatic rings. The number of aliphatic hydroxyl groups excluding tert-OH is 2. The zero-order valence-electron chi connectivity index (χ0n) is 19.0. The van der Waals surface area contributed by atoms with E-state index in [0.29, 0.717) is 33.8 Å². The van der Waals surface area contributed by atoms with Gasteiger partial charge in [-0.25, -0.2) is 4.39 Å². The molecule has 10 nitrogen and oxygen atoms in total. The molecule has 0 radical (unpaired) electrons. The molecule has 11 heteroatoms. The fraction of sp³-hybridized carbons (Fsp3) is 0.348. The van der Waals surface area contributed by atoms with Gasteiger partial charge in [-0.2, -0.15) is 0 Å². The highest BCUT2D eigenvalue weighted by Crippen LogP contribution is 2.34. The Morgan fingerprint density at radius 3 is 2.59 bits per heavy atom. The molecule has 0 spiro atoms. The first kappa shape index (κ1) is 25.1. The largest absolute Gasteiger partial charge is 0.394 e.